The molecule has 2 aromatic rings. The molecule has 0 radical (unpaired) electrons. The maximum Gasteiger partial charge on any atom is 0.408 e. The fourth-order valence-corrected chi connectivity index (χ4v) is 4.90. The van der Waals surface area contributed by atoms with E-state index in [2.05, 4.69) is 24.1 Å². The van der Waals surface area contributed by atoms with Crippen LogP contribution in [0, 0.1) is 0 Å². The van der Waals surface area contributed by atoms with Crippen LogP contribution in [0.5, 0.6) is 0 Å². The molecule has 7 nitrogen and oxygen atoms in total. The van der Waals surface area contributed by atoms with Crippen molar-refractivity contribution in [3.63, 3.8) is 0 Å². The molecule has 3 amide bonds. The van der Waals surface area contributed by atoms with Crippen molar-refractivity contribution in [2.75, 3.05) is 18.6 Å². The molecule has 0 heterocycles. The Labute approximate surface area is 250 Å². The third kappa shape index (κ3) is 12.0. The lowest BCUT2D eigenvalue weighted by Gasteiger charge is -2.35. The standard InChI is InChI=1S/C33H47N3O4S/c1-7-9-10-14-21-36(31(38)28(20-22-41-6)35-32(39)40-33(3,4)5)29(27-19-15-18-25(8-2)23-27)30(37)34-24-26-16-12-11-13-17-26/h8,11-13,15-19,23,28-29H,2,7,9-10,14,20-22,24H2,1,3-6H3,(H,34,37)(H,35,39). The molecule has 2 rings (SSSR count). The first-order valence-electron chi connectivity index (χ1n) is 14.4. The molecule has 0 spiro atoms. The molecule has 2 N–H and O–H groups in total. The Hall–Kier alpha value is -3.26. The van der Waals surface area contributed by atoms with E-state index in [0.29, 0.717) is 30.8 Å². The van der Waals surface area contributed by atoms with E-state index >= 15 is 0 Å². The first-order chi connectivity index (χ1) is 19.6. The van der Waals surface area contributed by atoms with Crippen LogP contribution in [0.1, 0.15) is 82.5 Å². The van der Waals surface area contributed by atoms with Crippen LogP contribution in [-0.2, 0) is 20.9 Å². The zero-order valence-electron chi connectivity index (χ0n) is 25.3. The maximum absolute atomic E-state index is 14.3. The van der Waals surface area contributed by atoms with Gasteiger partial charge in [-0.3, -0.25) is 9.59 Å². The molecule has 2 unspecified atom stereocenters. The Bertz CT molecular complexity index is 1120. The normalized spacial score (nSPS) is 12.6. The van der Waals surface area contributed by atoms with Gasteiger partial charge in [0, 0.05) is 13.1 Å². The lowest BCUT2D eigenvalue weighted by Crippen LogP contribution is -2.53. The molecule has 0 aliphatic heterocycles. The fourth-order valence-electron chi connectivity index (χ4n) is 4.43. The molecule has 0 fully saturated rings. The van der Waals surface area contributed by atoms with Crippen molar-refractivity contribution in [3.8, 4) is 0 Å². The first-order valence-corrected chi connectivity index (χ1v) is 15.8. The second kappa shape index (κ2) is 17.5. The zero-order valence-corrected chi connectivity index (χ0v) is 26.1. The van der Waals surface area contributed by atoms with Crippen molar-refractivity contribution in [1.29, 1.82) is 0 Å². The number of unbranched alkanes of at least 4 members (excludes halogenated alkanes) is 3. The summed E-state index contributed by atoms with van der Waals surface area (Å²) in [4.78, 5) is 42.7. The van der Waals surface area contributed by atoms with E-state index in [-0.39, 0.29) is 11.8 Å². The SMILES string of the molecule is C=Cc1cccc(C(C(=O)NCc2ccccc2)N(CCCCCC)C(=O)C(CCSC)NC(=O)OC(C)(C)C)c1. The van der Waals surface area contributed by atoms with Crippen molar-refractivity contribution in [3.05, 3.63) is 77.9 Å². The summed E-state index contributed by atoms with van der Waals surface area (Å²) in [6, 6.07) is 15.5. The molecular weight excluding hydrogens is 534 g/mol. The average molecular weight is 582 g/mol. The van der Waals surface area contributed by atoms with Gasteiger partial charge in [-0.15, -0.1) is 0 Å². The van der Waals surface area contributed by atoms with Gasteiger partial charge in [0.25, 0.3) is 0 Å². The molecule has 0 saturated carbocycles. The molecule has 0 saturated heterocycles. The number of benzene rings is 2. The second-order valence-corrected chi connectivity index (χ2v) is 12.0. The number of amides is 3. The molecule has 0 bridgehead atoms. The minimum Gasteiger partial charge on any atom is -0.444 e. The van der Waals surface area contributed by atoms with Gasteiger partial charge in [-0.25, -0.2) is 4.79 Å². The van der Waals surface area contributed by atoms with E-state index in [1.54, 1.807) is 43.5 Å². The summed E-state index contributed by atoms with van der Waals surface area (Å²) in [5.41, 5.74) is 1.80. The summed E-state index contributed by atoms with van der Waals surface area (Å²) in [7, 11) is 0. The summed E-state index contributed by atoms with van der Waals surface area (Å²) in [6.07, 6.45) is 7.19. The van der Waals surface area contributed by atoms with E-state index in [0.717, 1.165) is 36.8 Å². The van der Waals surface area contributed by atoms with Crippen LogP contribution in [0.25, 0.3) is 6.08 Å². The van der Waals surface area contributed by atoms with Gasteiger partial charge in [-0.05, 0) is 68.4 Å². The van der Waals surface area contributed by atoms with Gasteiger partial charge in [-0.1, -0.05) is 87.4 Å². The van der Waals surface area contributed by atoms with Gasteiger partial charge >= 0.3 is 6.09 Å². The highest BCUT2D eigenvalue weighted by Crippen LogP contribution is 2.26. The van der Waals surface area contributed by atoms with Gasteiger partial charge < -0.3 is 20.3 Å². The summed E-state index contributed by atoms with van der Waals surface area (Å²) in [5.74, 6) is 0.0808. The summed E-state index contributed by atoms with van der Waals surface area (Å²) in [5, 5.41) is 5.85. The number of nitrogens with one attached hydrogen (secondary N) is 2. The largest absolute Gasteiger partial charge is 0.444 e. The highest BCUT2D eigenvalue weighted by atomic mass is 32.2. The predicted octanol–water partition coefficient (Wildman–Crippen LogP) is 6.74. The van der Waals surface area contributed by atoms with Crippen LogP contribution in [-0.4, -0.2) is 53.0 Å². The van der Waals surface area contributed by atoms with Crippen LogP contribution in [0.3, 0.4) is 0 Å². The lowest BCUT2D eigenvalue weighted by molar-refractivity contribution is -0.142. The van der Waals surface area contributed by atoms with Crippen molar-refractivity contribution in [2.24, 2.45) is 0 Å². The number of hydrogen-bond acceptors (Lipinski definition) is 5. The van der Waals surface area contributed by atoms with E-state index in [1.807, 2.05) is 60.9 Å². The highest BCUT2D eigenvalue weighted by Gasteiger charge is 2.36. The third-order valence-electron chi connectivity index (χ3n) is 6.47. The van der Waals surface area contributed by atoms with Gasteiger partial charge in [-0.2, -0.15) is 11.8 Å². The fraction of sp³-hybridized carbons (Fsp3) is 0.485. The van der Waals surface area contributed by atoms with Crippen molar-refractivity contribution in [2.45, 2.75) is 84.0 Å². The third-order valence-corrected chi connectivity index (χ3v) is 7.11. The van der Waals surface area contributed by atoms with Crippen LogP contribution in [0.15, 0.2) is 61.2 Å². The van der Waals surface area contributed by atoms with Crippen molar-refractivity contribution >= 4 is 35.7 Å². The molecule has 41 heavy (non-hydrogen) atoms. The highest BCUT2D eigenvalue weighted by molar-refractivity contribution is 7.98. The Morgan fingerprint density at radius 2 is 1.78 bits per heavy atom. The molecule has 0 aliphatic rings. The Kier molecular flexibility index (Phi) is 14.5. The van der Waals surface area contributed by atoms with Crippen LogP contribution < -0.4 is 10.6 Å². The van der Waals surface area contributed by atoms with Crippen LogP contribution >= 0.6 is 11.8 Å². The minimum absolute atomic E-state index is 0.278. The minimum atomic E-state index is -0.884. The van der Waals surface area contributed by atoms with Crippen molar-refractivity contribution < 1.29 is 19.1 Å². The second-order valence-electron chi connectivity index (χ2n) is 11.1. The van der Waals surface area contributed by atoms with Gasteiger partial charge in [0.2, 0.25) is 11.8 Å². The lowest BCUT2D eigenvalue weighted by atomic mass is 9.99. The Balaban J connectivity index is 2.49. The number of thioether (sulfide) groups is 1. The van der Waals surface area contributed by atoms with Crippen LogP contribution in [0.2, 0.25) is 0 Å². The smallest absolute Gasteiger partial charge is 0.408 e. The number of ether oxygens (including phenoxy) is 1. The molecule has 2 atom stereocenters. The monoisotopic (exact) mass is 581 g/mol. The van der Waals surface area contributed by atoms with Crippen LogP contribution in [0.4, 0.5) is 4.79 Å². The molecule has 8 heteroatoms. The summed E-state index contributed by atoms with van der Waals surface area (Å²) >= 11 is 1.59. The van der Waals surface area contributed by atoms with E-state index in [4.69, 9.17) is 4.74 Å². The number of nitrogens with zero attached hydrogens (tertiary/aromatic N) is 1. The number of carbonyl (C=O) groups is 3. The predicted molar refractivity (Wildman–Crippen MR) is 170 cm³/mol. The van der Waals surface area contributed by atoms with Gasteiger partial charge in [0.05, 0.1) is 0 Å². The van der Waals surface area contributed by atoms with Gasteiger partial charge in [0.1, 0.15) is 17.7 Å². The molecule has 2 aromatic carbocycles. The molecular formula is C33H47N3O4S. The number of rotatable bonds is 16. The first kappa shape index (κ1) is 33.9. The van der Waals surface area contributed by atoms with Crippen molar-refractivity contribution in [1.82, 2.24) is 15.5 Å². The molecule has 0 aromatic heterocycles. The van der Waals surface area contributed by atoms with Gasteiger partial charge in [0.15, 0.2) is 0 Å². The van der Waals surface area contributed by atoms with E-state index < -0.39 is 23.8 Å². The maximum atomic E-state index is 14.3. The van der Waals surface area contributed by atoms with E-state index in [1.165, 1.54) is 0 Å². The number of alkyl carbamates (subject to hydrolysis) is 1. The Morgan fingerprint density at radius 3 is 2.41 bits per heavy atom. The summed E-state index contributed by atoms with van der Waals surface area (Å²) in [6.45, 7) is 12.1. The quantitative estimate of drug-likeness (QED) is 0.214. The summed E-state index contributed by atoms with van der Waals surface area (Å²) < 4.78 is 5.48. The molecule has 0 aliphatic carbocycles. The number of hydrogen-bond donors (Lipinski definition) is 2. The Morgan fingerprint density at radius 1 is 1.05 bits per heavy atom. The number of carbonyl (C=O) groups excluding carboxylic acids is 3. The average Bonchev–Trinajstić information content (AvgIpc) is 2.95. The topological polar surface area (TPSA) is 87.7 Å². The zero-order chi connectivity index (χ0) is 30.3. The molecule has 224 valence electrons. The van der Waals surface area contributed by atoms with E-state index in [9.17, 15) is 14.4 Å².